The minimum Gasteiger partial charge on any atom is -0.346 e. The standard InChI is InChI=1S/C6H3ClIN3/c7-6-10-4(8)3-1-2-9-5(3)11-6/h1-2H,(H,9,10,11). The van der Waals surface area contributed by atoms with Crippen LogP contribution in [0.15, 0.2) is 12.3 Å². The Labute approximate surface area is 81.3 Å². The Balaban J connectivity index is 2.91. The van der Waals surface area contributed by atoms with Crippen molar-refractivity contribution in [3.8, 4) is 0 Å². The van der Waals surface area contributed by atoms with Crippen LogP contribution < -0.4 is 0 Å². The minimum atomic E-state index is 0.282. The van der Waals surface area contributed by atoms with Gasteiger partial charge < -0.3 is 4.98 Å². The Bertz CT molecular complexity index is 398. The summed E-state index contributed by atoms with van der Waals surface area (Å²) in [4.78, 5) is 10.9. The van der Waals surface area contributed by atoms with Gasteiger partial charge in [0, 0.05) is 6.20 Å². The highest BCUT2D eigenvalue weighted by Crippen LogP contribution is 2.17. The van der Waals surface area contributed by atoms with Crippen LogP contribution in [0.5, 0.6) is 0 Å². The third kappa shape index (κ3) is 1.20. The molecule has 2 aromatic heterocycles. The molecule has 3 nitrogen and oxygen atoms in total. The van der Waals surface area contributed by atoms with E-state index in [4.69, 9.17) is 11.6 Å². The van der Waals surface area contributed by atoms with E-state index in [0.717, 1.165) is 14.7 Å². The highest BCUT2D eigenvalue weighted by molar-refractivity contribution is 14.1. The Morgan fingerprint density at radius 1 is 1.45 bits per heavy atom. The molecule has 2 aromatic rings. The maximum absolute atomic E-state index is 5.63. The molecule has 0 unspecified atom stereocenters. The molecule has 0 aromatic carbocycles. The molecule has 0 aliphatic carbocycles. The van der Waals surface area contributed by atoms with E-state index in [-0.39, 0.29) is 5.28 Å². The second-order valence-corrected chi connectivity index (χ2v) is 3.38. The van der Waals surface area contributed by atoms with Gasteiger partial charge in [-0.15, -0.1) is 0 Å². The molecule has 0 spiro atoms. The number of hydrogen-bond donors (Lipinski definition) is 1. The first kappa shape index (κ1) is 7.30. The largest absolute Gasteiger partial charge is 0.346 e. The molecule has 1 N–H and O–H groups in total. The summed E-state index contributed by atoms with van der Waals surface area (Å²) >= 11 is 7.76. The van der Waals surface area contributed by atoms with Gasteiger partial charge in [-0.1, -0.05) is 0 Å². The van der Waals surface area contributed by atoms with Gasteiger partial charge >= 0.3 is 0 Å². The lowest BCUT2D eigenvalue weighted by atomic mass is 10.4. The minimum absolute atomic E-state index is 0.282. The first-order chi connectivity index (χ1) is 5.27. The zero-order valence-corrected chi connectivity index (χ0v) is 8.22. The van der Waals surface area contributed by atoms with E-state index >= 15 is 0 Å². The topological polar surface area (TPSA) is 41.6 Å². The monoisotopic (exact) mass is 279 g/mol. The van der Waals surface area contributed by atoms with Crippen molar-refractivity contribution in [2.24, 2.45) is 0 Å². The predicted molar refractivity (Wildman–Crippen MR) is 51.6 cm³/mol. The number of aromatic amines is 1. The van der Waals surface area contributed by atoms with Crippen LogP contribution in [0, 0.1) is 3.70 Å². The molecule has 0 radical (unpaired) electrons. The zero-order chi connectivity index (χ0) is 7.84. The first-order valence-corrected chi connectivity index (χ1v) is 4.39. The van der Waals surface area contributed by atoms with Crippen molar-refractivity contribution in [1.29, 1.82) is 0 Å². The van der Waals surface area contributed by atoms with Crippen LogP contribution in [0.1, 0.15) is 0 Å². The molecule has 2 rings (SSSR count). The molecule has 0 saturated carbocycles. The van der Waals surface area contributed by atoms with E-state index in [2.05, 4.69) is 37.5 Å². The Morgan fingerprint density at radius 3 is 3.09 bits per heavy atom. The van der Waals surface area contributed by atoms with Crippen LogP contribution in [-0.4, -0.2) is 15.0 Å². The summed E-state index contributed by atoms with van der Waals surface area (Å²) < 4.78 is 0.874. The van der Waals surface area contributed by atoms with Crippen molar-refractivity contribution in [3.05, 3.63) is 21.2 Å². The van der Waals surface area contributed by atoms with E-state index in [1.165, 1.54) is 0 Å². The molecule has 0 aliphatic heterocycles. The third-order valence-corrected chi connectivity index (χ3v) is 2.33. The molecular weight excluding hydrogens is 276 g/mol. The fourth-order valence-electron chi connectivity index (χ4n) is 0.878. The number of halogens is 2. The highest BCUT2D eigenvalue weighted by atomic mass is 127. The second-order valence-electron chi connectivity index (χ2n) is 2.02. The highest BCUT2D eigenvalue weighted by Gasteiger charge is 2.02. The van der Waals surface area contributed by atoms with E-state index in [1.807, 2.05) is 12.3 Å². The van der Waals surface area contributed by atoms with Gasteiger partial charge in [0.2, 0.25) is 5.28 Å². The maximum atomic E-state index is 5.63. The van der Waals surface area contributed by atoms with Crippen LogP contribution in [0.4, 0.5) is 0 Å². The number of nitrogens with zero attached hydrogens (tertiary/aromatic N) is 2. The number of hydrogen-bond acceptors (Lipinski definition) is 2. The van der Waals surface area contributed by atoms with Gasteiger partial charge in [0.05, 0.1) is 5.39 Å². The van der Waals surface area contributed by atoms with E-state index in [9.17, 15) is 0 Å². The maximum Gasteiger partial charge on any atom is 0.225 e. The number of aromatic nitrogens is 3. The lowest BCUT2D eigenvalue weighted by Crippen LogP contribution is -1.86. The van der Waals surface area contributed by atoms with Gasteiger partial charge in [-0.2, -0.15) is 4.98 Å². The zero-order valence-electron chi connectivity index (χ0n) is 5.31. The predicted octanol–water partition coefficient (Wildman–Crippen LogP) is 2.22. The normalized spacial score (nSPS) is 10.7. The SMILES string of the molecule is Clc1nc(I)c2cc[nH]c2n1. The smallest absolute Gasteiger partial charge is 0.225 e. The molecule has 5 heteroatoms. The summed E-state index contributed by atoms with van der Waals surface area (Å²) in [6, 6.07) is 1.92. The molecule has 0 fully saturated rings. The van der Waals surface area contributed by atoms with Crippen molar-refractivity contribution >= 4 is 45.2 Å². The summed E-state index contributed by atoms with van der Waals surface area (Å²) in [6.45, 7) is 0. The molecular formula is C6H3ClIN3. The summed E-state index contributed by atoms with van der Waals surface area (Å²) in [5, 5.41) is 1.29. The molecule has 2 heterocycles. The molecule has 0 saturated heterocycles. The van der Waals surface area contributed by atoms with E-state index in [0.29, 0.717) is 0 Å². The quantitative estimate of drug-likeness (QED) is 0.456. The number of fused-ring (bicyclic) bond motifs is 1. The fourth-order valence-corrected chi connectivity index (χ4v) is 1.85. The third-order valence-electron chi connectivity index (χ3n) is 1.34. The van der Waals surface area contributed by atoms with E-state index in [1.54, 1.807) is 0 Å². The van der Waals surface area contributed by atoms with Crippen LogP contribution in [0.2, 0.25) is 5.28 Å². The van der Waals surface area contributed by atoms with Crippen molar-refractivity contribution in [2.45, 2.75) is 0 Å². The fraction of sp³-hybridized carbons (Fsp3) is 0. The van der Waals surface area contributed by atoms with E-state index < -0.39 is 0 Å². The first-order valence-electron chi connectivity index (χ1n) is 2.93. The van der Waals surface area contributed by atoms with Gasteiger partial charge in [0.25, 0.3) is 0 Å². The Morgan fingerprint density at radius 2 is 2.27 bits per heavy atom. The number of nitrogens with one attached hydrogen (secondary N) is 1. The van der Waals surface area contributed by atoms with Crippen molar-refractivity contribution in [1.82, 2.24) is 15.0 Å². The average Bonchev–Trinajstić information content (AvgIpc) is 2.34. The number of rotatable bonds is 0. The van der Waals surface area contributed by atoms with Gasteiger partial charge in [-0.3, -0.25) is 0 Å². The Kier molecular flexibility index (Phi) is 1.72. The van der Waals surface area contributed by atoms with Crippen LogP contribution in [0.25, 0.3) is 11.0 Å². The summed E-state index contributed by atoms with van der Waals surface area (Å²) in [6.07, 6.45) is 1.82. The van der Waals surface area contributed by atoms with Crippen molar-refractivity contribution in [2.75, 3.05) is 0 Å². The van der Waals surface area contributed by atoms with Crippen molar-refractivity contribution < 1.29 is 0 Å². The van der Waals surface area contributed by atoms with Crippen LogP contribution in [-0.2, 0) is 0 Å². The van der Waals surface area contributed by atoms with Gasteiger partial charge in [0.1, 0.15) is 9.35 Å². The lowest BCUT2D eigenvalue weighted by molar-refractivity contribution is 1.17. The molecule has 0 atom stereocenters. The molecule has 56 valence electrons. The molecule has 0 amide bonds. The molecule has 0 bridgehead atoms. The average molecular weight is 279 g/mol. The summed E-state index contributed by atoms with van der Waals surface area (Å²) in [7, 11) is 0. The second kappa shape index (κ2) is 2.60. The van der Waals surface area contributed by atoms with Crippen molar-refractivity contribution in [3.63, 3.8) is 0 Å². The Hall–Kier alpha value is -0.360. The molecule has 11 heavy (non-hydrogen) atoms. The van der Waals surface area contributed by atoms with Gasteiger partial charge in [0.15, 0.2) is 0 Å². The van der Waals surface area contributed by atoms with Crippen LogP contribution in [0.3, 0.4) is 0 Å². The summed E-state index contributed by atoms with van der Waals surface area (Å²) in [5.74, 6) is 0. The van der Waals surface area contributed by atoms with Gasteiger partial charge in [-0.05, 0) is 40.3 Å². The number of H-pyrrole nitrogens is 1. The lowest BCUT2D eigenvalue weighted by Gasteiger charge is -1.92. The van der Waals surface area contributed by atoms with Gasteiger partial charge in [-0.25, -0.2) is 4.98 Å². The summed E-state index contributed by atoms with van der Waals surface area (Å²) in [5.41, 5.74) is 0.786. The van der Waals surface area contributed by atoms with Crippen LogP contribution >= 0.6 is 34.2 Å². The molecule has 0 aliphatic rings.